The Labute approximate surface area is 178 Å². The first-order valence-electron chi connectivity index (χ1n) is 9.94. The number of rotatable bonds is 7. The largest absolute Gasteiger partial charge is 0.457 e. The smallest absolute Gasteiger partial charge is 0.306 e. The molecule has 1 aromatic heterocycles. The van der Waals surface area contributed by atoms with Gasteiger partial charge < -0.3 is 9.26 Å². The van der Waals surface area contributed by atoms with Crippen molar-refractivity contribution in [3.8, 4) is 11.5 Å². The molecule has 0 atom stereocenters. The highest BCUT2D eigenvalue weighted by Gasteiger charge is 2.35. The molecule has 8 nitrogen and oxygen atoms in total. The lowest BCUT2D eigenvalue weighted by Gasteiger charge is -2.13. The summed E-state index contributed by atoms with van der Waals surface area (Å²) in [4.78, 5) is 42.3. The predicted molar refractivity (Wildman–Crippen MR) is 110 cm³/mol. The lowest BCUT2D eigenvalue weighted by atomic mass is 10.1. The molecule has 0 aliphatic carbocycles. The summed E-state index contributed by atoms with van der Waals surface area (Å²) in [6, 6.07) is 12.8. The van der Waals surface area contributed by atoms with Crippen LogP contribution in [0.4, 0.5) is 0 Å². The Balaban J connectivity index is 1.25. The quantitative estimate of drug-likeness (QED) is 0.427. The van der Waals surface area contributed by atoms with Crippen LogP contribution in [0.5, 0.6) is 0 Å². The third-order valence-corrected chi connectivity index (χ3v) is 5.02. The Morgan fingerprint density at radius 1 is 1.00 bits per heavy atom. The highest BCUT2D eigenvalue weighted by atomic mass is 16.5. The van der Waals surface area contributed by atoms with Crippen molar-refractivity contribution >= 4 is 17.8 Å². The minimum atomic E-state index is -0.464. The van der Waals surface area contributed by atoms with Crippen molar-refractivity contribution in [3.05, 3.63) is 70.5 Å². The summed E-state index contributed by atoms with van der Waals surface area (Å²) >= 11 is 0. The van der Waals surface area contributed by atoms with Gasteiger partial charge in [-0.1, -0.05) is 34.5 Å². The van der Waals surface area contributed by atoms with Crippen LogP contribution in [-0.4, -0.2) is 39.4 Å². The molecule has 1 aliphatic rings. The van der Waals surface area contributed by atoms with E-state index in [-0.39, 0.29) is 37.2 Å². The van der Waals surface area contributed by atoms with Crippen molar-refractivity contribution in [2.45, 2.75) is 33.3 Å². The third kappa shape index (κ3) is 4.37. The molecule has 0 unspecified atom stereocenters. The van der Waals surface area contributed by atoms with E-state index in [1.165, 1.54) is 4.90 Å². The van der Waals surface area contributed by atoms with Gasteiger partial charge >= 0.3 is 5.97 Å². The van der Waals surface area contributed by atoms with Crippen LogP contribution in [0.3, 0.4) is 0 Å². The van der Waals surface area contributed by atoms with Crippen LogP contribution in [0.2, 0.25) is 0 Å². The predicted octanol–water partition coefficient (Wildman–Crippen LogP) is 3.47. The van der Waals surface area contributed by atoms with Gasteiger partial charge in [0.05, 0.1) is 11.1 Å². The number of aromatic nitrogens is 2. The Morgan fingerprint density at radius 3 is 2.48 bits per heavy atom. The zero-order valence-electron chi connectivity index (χ0n) is 17.3. The van der Waals surface area contributed by atoms with Gasteiger partial charge in [-0.25, -0.2) is 0 Å². The molecule has 0 spiro atoms. The summed E-state index contributed by atoms with van der Waals surface area (Å²) in [5.74, 6) is -0.503. The molecule has 4 rings (SSSR count). The summed E-state index contributed by atoms with van der Waals surface area (Å²) in [6.45, 7) is 3.89. The van der Waals surface area contributed by atoms with Gasteiger partial charge in [-0.3, -0.25) is 19.3 Å². The second-order valence-electron chi connectivity index (χ2n) is 7.46. The van der Waals surface area contributed by atoms with Crippen molar-refractivity contribution < 1.29 is 23.6 Å². The monoisotopic (exact) mass is 419 g/mol. The molecule has 2 amide bonds. The second kappa shape index (κ2) is 8.51. The minimum absolute atomic E-state index is 0.0646. The molecular weight excluding hydrogens is 398 g/mol. The summed E-state index contributed by atoms with van der Waals surface area (Å²) in [7, 11) is 0. The zero-order chi connectivity index (χ0) is 22.0. The van der Waals surface area contributed by atoms with Crippen LogP contribution < -0.4 is 0 Å². The zero-order valence-corrected chi connectivity index (χ0v) is 17.3. The Hall–Kier alpha value is -3.81. The number of fused-ring (bicyclic) bond motifs is 1. The van der Waals surface area contributed by atoms with Gasteiger partial charge in [-0.2, -0.15) is 4.98 Å². The fraction of sp³-hybridized carbons (Fsp3) is 0.261. The fourth-order valence-corrected chi connectivity index (χ4v) is 3.33. The number of imide groups is 1. The SMILES string of the molecule is Cc1ccc(-c2nc(COC(=O)CCCN3C(=O)c4ccc(C)cc4C3=O)no2)cc1. The molecule has 2 aromatic carbocycles. The van der Waals surface area contributed by atoms with Crippen LogP contribution in [0.25, 0.3) is 11.5 Å². The first-order chi connectivity index (χ1) is 14.9. The van der Waals surface area contributed by atoms with Gasteiger partial charge in [0.15, 0.2) is 6.61 Å². The van der Waals surface area contributed by atoms with Crippen molar-refractivity contribution in [2.75, 3.05) is 6.54 Å². The number of benzene rings is 2. The normalized spacial score (nSPS) is 12.9. The highest BCUT2D eigenvalue weighted by Crippen LogP contribution is 2.24. The third-order valence-electron chi connectivity index (χ3n) is 5.02. The number of carbonyl (C=O) groups excluding carboxylic acids is 3. The van der Waals surface area contributed by atoms with Gasteiger partial charge in [0, 0.05) is 18.5 Å². The van der Waals surface area contributed by atoms with Crippen LogP contribution in [0.1, 0.15) is 50.5 Å². The first kappa shape index (κ1) is 20.5. The van der Waals surface area contributed by atoms with Gasteiger partial charge in [-0.15, -0.1) is 0 Å². The number of ether oxygens (including phenoxy) is 1. The lowest BCUT2D eigenvalue weighted by Crippen LogP contribution is -2.31. The van der Waals surface area contributed by atoms with E-state index in [9.17, 15) is 14.4 Å². The van der Waals surface area contributed by atoms with Crippen LogP contribution in [-0.2, 0) is 16.1 Å². The maximum absolute atomic E-state index is 12.4. The maximum Gasteiger partial charge on any atom is 0.306 e. The molecule has 0 saturated heterocycles. The average Bonchev–Trinajstić information content (AvgIpc) is 3.32. The second-order valence-corrected chi connectivity index (χ2v) is 7.46. The summed E-state index contributed by atoms with van der Waals surface area (Å²) in [5.41, 5.74) is 3.63. The van der Waals surface area contributed by atoms with E-state index in [4.69, 9.17) is 9.26 Å². The van der Waals surface area contributed by atoms with E-state index in [2.05, 4.69) is 10.1 Å². The fourth-order valence-electron chi connectivity index (χ4n) is 3.33. The van der Waals surface area contributed by atoms with Gasteiger partial charge in [0.2, 0.25) is 5.82 Å². The number of amides is 2. The molecule has 0 radical (unpaired) electrons. The summed E-state index contributed by atoms with van der Waals surface area (Å²) in [6.07, 6.45) is 0.374. The van der Waals surface area contributed by atoms with Crippen molar-refractivity contribution in [1.82, 2.24) is 15.0 Å². The molecule has 0 N–H and O–H groups in total. The number of nitrogens with zero attached hydrogens (tertiary/aromatic N) is 3. The van der Waals surface area contributed by atoms with Gasteiger partial charge in [0.1, 0.15) is 0 Å². The Kier molecular flexibility index (Phi) is 5.62. The van der Waals surface area contributed by atoms with Crippen molar-refractivity contribution in [3.63, 3.8) is 0 Å². The number of aryl methyl sites for hydroxylation is 2. The minimum Gasteiger partial charge on any atom is -0.457 e. The maximum atomic E-state index is 12.4. The van der Waals surface area contributed by atoms with Gasteiger partial charge in [-0.05, 0) is 44.5 Å². The first-order valence-corrected chi connectivity index (χ1v) is 9.94. The number of esters is 1. The molecular formula is C23H21N3O5. The summed E-state index contributed by atoms with van der Waals surface area (Å²) in [5, 5.41) is 3.82. The van der Waals surface area contributed by atoms with E-state index in [0.29, 0.717) is 23.4 Å². The lowest BCUT2D eigenvalue weighted by molar-refractivity contribution is -0.145. The number of hydrogen-bond donors (Lipinski definition) is 0. The van der Waals surface area contributed by atoms with E-state index in [0.717, 1.165) is 16.7 Å². The molecule has 8 heteroatoms. The van der Waals surface area contributed by atoms with Crippen molar-refractivity contribution in [2.24, 2.45) is 0 Å². The molecule has 0 saturated carbocycles. The van der Waals surface area contributed by atoms with Crippen molar-refractivity contribution in [1.29, 1.82) is 0 Å². The Morgan fingerprint density at radius 2 is 1.71 bits per heavy atom. The molecule has 158 valence electrons. The van der Waals surface area contributed by atoms with Crippen LogP contribution >= 0.6 is 0 Å². The topological polar surface area (TPSA) is 103 Å². The summed E-state index contributed by atoms with van der Waals surface area (Å²) < 4.78 is 10.4. The van der Waals surface area contributed by atoms with E-state index >= 15 is 0 Å². The molecule has 2 heterocycles. The standard InChI is InChI=1S/C23H21N3O5/c1-14-5-8-16(9-6-14)21-24-19(25-31-21)13-30-20(27)4-3-11-26-22(28)17-10-7-15(2)12-18(17)23(26)29/h5-10,12H,3-4,11,13H2,1-2H3. The van der Waals surface area contributed by atoms with Crippen LogP contribution in [0, 0.1) is 13.8 Å². The van der Waals surface area contributed by atoms with Crippen LogP contribution in [0.15, 0.2) is 47.0 Å². The molecule has 0 bridgehead atoms. The molecule has 31 heavy (non-hydrogen) atoms. The number of hydrogen-bond acceptors (Lipinski definition) is 7. The van der Waals surface area contributed by atoms with Gasteiger partial charge in [0.25, 0.3) is 17.7 Å². The molecule has 0 fully saturated rings. The average molecular weight is 419 g/mol. The number of carbonyl (C=O) groups is 3. The van der Waals surface area contributed by atoms with E-state index < -0.39 is 5.97 Å². The van der Waals surface area contributed by atoms with E-state index in [1.54, 1.807) is 18.2 Å². The Bertz CT molecular complexity index is 1150. The highest BCUT2D eigenvalue weighted by molar-refractivity contribution is 6.21. The molecule has 3 aromatic rings. The van der Waals surface area contributed by atoms with E-state index in [1.807, 2.05) is 38.1 Å². The molecule has 1 aliphatic heterocycles.